The van der Waals surface area contributed by atoms with E-state index >= 15 is 0 Å². The van der Waals surface area contributed by atoms with Gasteiger partial charge in [-0.25, -0.2) is 0 Å². The molecule has 3 rings (SSSR count). The number of aryl methyl sites for hydroxylation is 1. The van der Waals surface area contributed by atoms with E-state index in [0.717, 1.165) is 37.2 Å². The molecule has 0 radical (unpaired) electrons. The highest BCUT2D eigenvalue weighted by molar-refractivity contribution is 7.39. The SMILES string of the molecule is CCc1cc2cc(C(=O)NC3CCN(C)CC3)sc2s1. The van der Waals surface area contributed by atoms with E-state index in [1.807, 2.05) is 17.4 Å². The number of rotatable bonds is 3. The Hall–Kier alpha value is -0.910. The second kappa shape index (κ2) is 5.84. The average molecular weight is 308 g/mol. The van der Waals surface area contributed by atoms with Gasteiger partial charge in [-0.3, -0.25) is 4.79 Å². The lowest BCUT2D eigenvalue weighted by Crippen LogP contribution is -2.43. The second-order valence-electron chi connectivity index (χ2n) is 5.47. The lowest BCUT2D eigenvalue weighted by molar-refractivity contribution is 0.0921. The Labute approximate surface area is 127 Å². The van der Waals surface area contributed by atoms with Crippen molar-refractivity contribution in [2.75, 3.05) is 20.1 Å². The molecule has 0 spiro atoms. The Morgan fingerprint density at radius 1 is 1.35 bits per heavy atom. The first kappa shape index (κ1) is 14.0. The number of piperidine rings is 1. The van der Waals surface area contributed by atoms with Gasteiger partial charge < -0.3 is 10.2 Å². The van der Waals surface area contributed by atoms with E-state index in [9.17, 15) is 4.79 Å². The lowest BCUT2D eigenvalue weighted by Gasteiger charge is -2.29. The molecule has 2 aromatic rings. The predicted molar refractivity (Wildman–Crippen MR) is 87.1 cm³/mol. The van der Waals surface area contributed by atoms with Gasteiger partial charge in [-0.15, -0.1) is 22.7 Å². The molecule has 108 valence electrons. The zero-order valence-corrected chi connectivity index (χ0v) is 13.6. The van der Waals surface area contributed by atoms with Gasteiger partial charge >= 0.3 is 0 Å². The van der Waals surface area contributed by atoms with Crippen molar-refractivity contribution >= 4 is 38.0 Å². The zero-order chi connectivity index (χ0) is 14.1. The van der Waals surface area contributed by atoms with Gasteiger partial charge in [0, 0.05) is 16.3 Å². The van der Waals surface area contributed by atoms with Crippen molar-refractivity contribution < 1.29 is 4.79 Å². The van der Waals surface area contributed by atoms with Crippen LogP contribution in [0.15, 0.2) is 12.1 Å². The number of carbonyl (C=O) groups excluding carboxylic acids is 1. The van der Waals surface area contributed by atoms with Crippen LogP contribution in [0.1, 0.15) is 34.3 Å². The molecule has 1 fully saturated rings. The van der Waals surface area contributed by atoms with E-state index in [0.29, 0.717) is 6.04 Å². The van der Waals surface area contributed by atoms with E-state index in [1.165, 1.54) is 14.3 Å². The van der Waals surface area contributed by atoms with Gasteiger partial charge in [0.15, 0.2) is 0 Å². The number of nitrogens with zero attached hydrogens (tertiary/aromatic N) is 1. The van der Waals surface area contributed by atoms with Crippen molar-refractivity contribution in [3.63, 3.8) is 0 Å². The first-order chi connectivity index (χ1) is 9.65. The summed E-state index contributed by atoms with van der Waals surface area (Å²) in [5.41, 5.74) is 0. The molecule has 1 aliphatic heterocycles. The number of nitrogens with one attached hydrogen (secondary N) is 1. The summed E-state index contributed by atoms with van der Waals surface area (Å²) >= 11 is 3.44. The molecule has 0 bridgehead atoms. The molecule has 3 heterocycles. The van der Waals surface area contributed by atoms with Crippen LogP contribution in [0, 0.1) is 0 Å². The molecule has 0 atom stereocenters. The minimum atomic E-state index is 0.103. The Morgan fingerprint density at radius 2 is 2.10 bits per heavy atom. The molecule has 1 N–H and O–H groups in total. The van der Waals surface area contributed by atoms with Crippen LogP contribution in [-0.4, -0.2) is 37.0 Å². The van der Waals surface area contributed by atoms with E-state index in [1.54, 1.807) is 11.3 Å². The molecule has 1 amide bonds. The van der Waals surface area contributed by atoms with E-state index < -0.39 is 0 Å². The Kier molecular flexibility index (Phi) is 4.10. The van der Waals surface area contributed by atoms with Gasteiger partial charge in [0.25, 0.3) is 5.91 Å². The first-order valence-corrected chi connectivity index (χ1v) is 8.80. The summed E-state index contributed by atoms with van der Waals surface area (Å²) in [5, 5.41) is 4.41. The largest absolute Gasteiger partial charge is 0.349 e. The number of amides is 1. The molecule has 3 nitrogen and oxygen atoms in total. The van der Waals surface area contributed by atoms with Crippen molar-refractivity contribution in [1.29, 1.82) is 0 Å². The molecule has 0 saturated carbocycles. The summed E-state index contributed by atoms with van der Waals surface area (Å²) in [5.74, 6) is 0.103. The standard InChI is InChI=1S/C15H20N2OS2/c1-3-12-8-10-9-13(20-15(10)19-12)14(18)16-11-4-6-17(2)7-5-11/h8-9,11H,3-7H2,1-2H3,(H,16,18). The molecule has 0 aromatic carbocycles. The summed E-state index contributed by atoms with van der Waals surface area (Å²) < 4.78 is 1.27. The Bertz CT molecular complexity index is 577. The second-order valence-corrected chi connectivity index (χ2v) is 7.92. The fourth-order valence-electron chi connectivity index (χ4n) is 2.59. The zero-order valence-electron chi connectivity index (χ0n) is 11.9. The normalized spacial score (nSPS) is 17.7. The lowest BCUT2D eigenvalue weighted by atomic mass is 10.1. The molecule has 2 aromatic heterocycles. The predicted octanol–water partition coefficient (Wildman–Crippen LogP) is 3.35. The van der Waals surface area contributed by atoms with Crippen LogP contribution >= 0.6 is 22.7 Å². The van der Waals surface area contributed by atoms with E-state index in [-0.39, 0.29) is 5.91 Å². The van der Waals surface area contributed by atoms with Crippen LogP contribution < -0.4 is 5.32 Å². The van der Waals surface area contributed by atoms with Gasteiger partial charge in [0.2, 0.25) is 0 Å². The van der Waals surface area contributed by atoms with Crippen LogP contribution in [0.2, 0.25) is 0 Å². The van der Waals surface area contributed by atoms with Crippen molar-refractivity contribution in [2.45, 2.75) is 32.2 Å². The summed E-state index contributed by atoms with van der Waals surface area (Å²) in [6, 6.07) is 4.59. The number of hydrogen-bond acceptors (Lipinski definition) is 4. The minimum Gasteiger partial charge on any atom is -0.349 e. The quantitative estimate of drug-likeness (QED) is 0.943. The van der Waals surface area contributed by atoms with Crippen LogP contribution in [0.5, 0.6) is 0 Å². The van der Waals surface area contributed by atoms with E-state index in [2.05, 4.69) is 30.3 Å². The van der Waals surface area contributed by atoms with Crippen molar-refractivity contribution in [1.82, 2.24) is 10.2 Å². The Morgan fingerprint density at radius 3 is 2.75 bits per heavy atom. The third-order valence-corrected chi connectivity index (χ3v) is 6.43. The Balaban J connectivity index is 1.67. The van der Waals surface area contributed by atoms with Crippen LogP contribution in [0.3, 0.4) is 0 Å². The third kappa shape index (κ3) is 2.90. The van der Waals surface area contributed by atoms with Crippen molar-refractivity contribution in [3.05, 3.63) is 21.9 Å². The summed E-state index contributed by atoms with van der Waals surface area (Å²) in [7, 11) is 2.14. The number of carbonyl (C=O) groups is 1. The maximum atomic E-state index is 12.3. The number of hydrogen-bond donors (Lipinski definition) is 1. The molecule has 1 saturated heterocycles. The summed E-state index contributed by atoms with van der Waals surface area (Å²) in [4.78, 5) is 16.9. The molecule has 1 aliphatic rings. The summed E-state index contributed by atoms with van der Waals surface area (Å²) in [6.07, 6.45) is 3.19. The van der Waals surface area contributed by atoms with Gasteiger partial charge in [0.05, 0.1) is 8.89 Å². The summed E-state index contributed by atoms with van der Waals surface area (Å²) in [6.45, 7) is 4.32. The van der Waals surface area contributed by atoms with Crippen LogP contribution in [0.4, 0.5) is 0 Å². The van der Waals surface area contributed by atoms with Gasteiger partial charge in [-0.2, -0.15) is 0 Å². The average Bonchev–Trinajstić information content (AvgIpc) is 2.99. The number of likely N-dealkylation sites (tertiary alicyclic amines) is 1. The molecule has 20 heavy (non-hydrogen) atoms. The highest BCUT2D eigenvalue weighted by atomic mass is 32.2. The van der Waals surface area contributed by atoms with Crippen molar-refractivity contribution in [2.24, 2.45) is 0 Å². The molecule has 5 heteroatoms. The topological polar surface area (TPSA) is 32.3 Å². The maximum Gasteiger partial charge on any atom is 0.261 e. The third-order valence-electron chi connectivity index (χ3n) is 3.89. The van der Waals surface area contributed by atoms with Crippen LogP contribution in [0.25, 0.3) is 9.40 Å². The molecular formula is C15H20N2OS2. The van der Waals surface area contributed by atoms with E-state index in [4.69, 9.17) is 0 Å². The van der Waals surface area contributed by atoms with Crippen molar-refractivity contribution in [3.8, 4) is 0 Å². The van der Waals surface area contributed by atoms with Gasteiger partial charge in [-0.1, -0.05) is 6.92 Å². The highest BCUT2D eigenvalue weighted by Gasteiger charge is 2.20. The number of thiophene rings is 2. The molecule has 0 unspecified atom stereocenters. The maximum absolute atomic E-state index is 12.3. The van der Waals surface area contributed by atoms with Gasteiger partial charge in [-0.05, 0) is 51.5 Å². The monoisotopic (exact) mass is 308 g/mol. The molecule has 0 aliphatic carbocycles. The fourth-order valence-corrected chi connectivity index (χ4v) is 4.92. The fraction of sp³-hybridized carbons (Fsp3) is 0.533. The number of fused-ring (bicyclic) bond motifs is 1. The van der Waals surface area contributed by atoms with Gasteiger partial charge in [0.1, 0.15) is 0 Å². The minimum absolute atomic E-state index is 0.103. The smallest absolute Gasteiger partial charge is 0.261 e. The highest BCUT2D eigenvalue weighted by Crippen LogP contribution is 2.33. The first-order valence-electron chi connectivity index (χ1n) is 7.17. The molecular weight excluding hydrogens is 288 g/mol. The van der Waals surface area contributed by atoms with Crippen LogP contribution in [-0.2, 0) is 6.42 Å².